The summed E-state index contributed by atoms with van der Waals surface area (Å²) in [6.45, 7) is 0. The van der Waals surface area contributed by atoms with E-state index in [0.717, 1.165) is 16.5 Å². The molecule has 0 atom stereocenters. The molecule has 0 bridgehead atoms. The second-order valence-electron chi connectivity index (χ2n) is 4.40. The Morgan fingerprint density at radius 3 is 2.57 bits per heavy atom. The van der Waals surface area contributed by atoms with E-state index in [0.29, 0.717) is 17.4 Å². The molecule has 0 amide bonds. The van der Waals surface area contributed by atoms with E-state index in [1.165, 1.54) is 6.33 Å². The standard InChI is InChI=1S/C15H15N5O/c1-21-13-14(17-9-18-15(13)20-16)19-12-8-4-6-10-5-2-3-7-11(10)12/h2-9H,16H2,1H3,(H2,17,18,19,20). The van der Waals surface area contributed by atoms with Gasteiger partial charge in [0.15, 0.2) is 11.6 Å². The van der Waals surface area contributed by atoms with Gasteiger partial charge in [-0.15, -0.1) is 0 Å². The van der Waals surface area contributed by atoms with Crippen LogP contribution in [0.3, 0.4) is 0 Å². The lowest BCUT2D eigenvalue weighted by Crippen LogP contribution is -2.11. The van der Waals surface area contributed by atoms with Gasteiger partial charge < -0.3 is 15.5 Å². The first-order valence-corrected chi connectivity index (χ1v) is 6.44. The van der Waals surface area contributed by atoms with Crippen molar-refractivity contribution in [1.82, 2.24) is 9.97 Å². The molecule has 6 nitrogen and oxygen atoms in total. The number of nitrogens with zero attached hydrogens (tertiary/aromatic N) is 2. The van der Waals surface area contributed by atoms with Crippen molar-refractivity contribution in [3.8, 4) is 5.75 Å². The van der Waals surface area contributed by atoms with Crippen molar-refractivity contribution in [3.05, 3.63) is 48.8 Å². The number of anilines is 3. The number of nitrogens with one attached hydrogen (secondary N) is 2. The zero-order chi connectivity index (χ0) is 14.7. The summed E-state index contributed by atoms with van der Waals surface area (Å²) in [6, 6.07) is 14.1. The molecule has 6 heteroatoms. The van der Waals surface area contributed by atoms with Gasteiger partial charge in [-0.1, -0.05) is 36.4 Å². The Labute approximate surface area is 121 Å². The summed E-state index contributed by atoms with van der Waals surface area (Å²) < 4.78 is 5.32. The maximum absolute atomic E-state index is 5.43. The summed E-state index contributed by atoms with van der Waals surface area (Å²) in [5.41, 5.74) is 3.43. The van der Waals surface area contributed by atoms with Gasteiger partial charge in [-0.05, 0) is 11.5 Å². The van der Waals surface area contributed by atoms with Crippen LogP contribution in [0.25, 0.3) is 10.8 Å². The Morgan fingerprint density at radius 2 is 1.76 bits per heavy atom. The van der Waals surface area contributed by atoms with Crippen LogP contribution >= 0.6 is 0 Å². The molecule has 0 saturated carbocycles. The van der Waals surface area contributed by atoms with E-state index in [1.54, 1.807) is 7.11 Å². The number of hydrogen-bond acceptors (Lipinski definition) is 6. The second-order valence-corrected chi connectivity index (χ2v) is 4.40. The number of nitrogen functional groups attached to an aromatic ring is 1. The van der Waals surface area contributed by atoms with Crippen LogP contribution in [0.15, 0.2) is 48.8 Å². The van der Waals surface area contributed by atoms with Crippen molar-refractivity contribution in [3.63, 3.8) is 0 Å². The molecule has 106 valence electrons. The quantitative estimate of drug-likeness (QED) is 0.503. The topological polar surface area (TPSA) is 85.1 Å². The van der Waals surface area contributed by atoms with Gasteiger partial charge in [0.2, 0.25) is 5.75 Å². The highest BCUT2D eigenvalue weighted by molar-refractivity contribution is 5.95. The molecule has 0 saturated heterocycles. The summed E-state index contributed by atoms with van der Waals surface area (Å²) in [6.07, 6.45) is 1.42. The fourth-order valence-corrected chi connectivity index (χ4v) is 2.22. The van der Waals surface area contributed by atoms with E-state index in [-0.39, 0.29) is 0 Å². The Morgan fingerprint density at radius 1 is 1.00 bits per heavy atom. The number of benzene rings is 2. The number of nitrogens with two attached hydrogens (primary N) is 1. The first-order chi connectivity index (χ1) is 10.3. The SMILES string of the molecule is COc1c(NN)ncnc1Nc1cccc2ccccc12. The van der Waals surface area contributed by atoms with E-state index < -0.39 is 0 Å². The van der Waals surface area contributed by atoms with E-state index in [4.69, 9.17) is 10.6 Å². The molecular weight excluding hydrogens is 266 g/mol. The van der Waals surface area contributed by atoms with Crippen LogP contribution in [0, 0.1) is 0 Å². The van der Waals surface area contributed by atoms with Gasteiger partial charge in [-0.2, -0.15) is 0 Å². The number of rotatable bonds is 4. The smallest absolute Gasteiger partial charge is 0.205 e. The third-order valence-corrected chi connectivity index (χ3v) is 3.19. The van der Waals surface area contributed by atoms with Crippen LogP contribution in [0.5, 0.6) is 5.75 Å². The molecule has 0 fully saturated rings. The molecule has 0 radical (unpaired) electrons. The van der Waals surface area contributed by atoms with Gasteiger partial charge in [-0.25, -0.2) is 15.8 Å². The highest BCUT2D eigenvalue weighted by atomic mass is 16.5. The molecule has 4 N–H and O–H groups in total. The maximum Gasteiger partial charge on any atom is 0.205 e. The average molecular weight is 281 g/mol. The summed E-state index contributed by atoms with van der Waals surface area (Å²) in [4.78, 5) is 8.24. The van der Waals surface area contributed by atoms with Crippen LogP contribution in [0.1, 0.15) is 0 Å². The van der Waals surface area contributed by atoms with E-state index in [9.17, 15) is 0 Å². The summed E-state index contributed by atoms with van der Waals surface area (Å²) >= 11 is 0. The zero-order valence-electron chi connectivity index (χ0n) is 11.5. The molecule has 0 aliphatic heterocycles. The van der Waals surface area contributed by atoms with Gasteiger partial charge in [0.05, 0.1) is 7.11 Å². The van der Waals surface area contributed by atoms with E-state index in [2.05, 4.69) is 32.8 Å². The first-order valence-electron chi connectivity index (χ1n) is 6.44. The van der Waals surface area contributed by atoms with Crippen molar-refractivity contribution in [2.45, 2.75) is 0 Å². The summed E-state index contributed by atoms with van der Waals surface area (Å²) in [5.74, 6) is 6.88. The Balaban J connectivity index is 2.07. The molecule has 0 aliphatic carbocycles. The molecule has 0 unspecified atom stereocenters. The third kappa shape index (κ3) is 2.44. The highest BCUT2D eigenvalue weighted by Crippen LogP contribution is 2.33. The largest absolute Gasteiger partial charge is 0.490 e. The monoisotopic (exact) mass is 281 g/mol. The number of methoxy groups -OCH3 is 1. The van der Waals surface area contributed by atoms with E-state index >= 15 is 0 Å². The Hall–Kier alpha value is -2.86. The molecule has 1 aromatic heterocycles. The number of aromatic nitrogens is 2. The maximum atomic E-state index is 5.43. The van der Waals surface area contributed by atoms with Crippen molar-refractivity contribution in [2.24, 2.45) is 5.84 Å². The lowest BCUT2D eigenvalue weighted by molar-refractivity contribution is 0.415. The fourth-order valence-electron chi connectivity index (χ4n) is 2.22. The molecule has 3 aromatic rings. The average Bonchev–Trinajstić information content (AvgIpc) is 2.55. The highest BCUT2D eigenvalue weighted by Gasteiger charge is 2.12. The van der Waals surface area contributed by atoms with Crippen LogP contribution in [-0.2, 0) is 0 Å². The molecule has 1 heterocycles. The number of hydrogen-bond donors (Lipinski definition) is 3. The van der Waals surface area contributed by atoms with Gasteiger partial charge in [0.25, 0.3) is 0 Å². The van der Waals surface area contributed by atoms with E-state index in [1.807, 2.05) is 30.3 Å². The van der Waals surface area contributed by atoms with Gasteiger partial charge in [-0.3, -0.25) is 0 Å². The van der Waals surface area contributed by atoms with Crippen LogP contribution in [-0.4, -0.2) is 17.1 Å². The van der Waals surface area contributed by atoms with Crippen LogP contribution < -0.4 is 21.3 Å². The van der Waals surface area contributed by atoms with Crippen molar-refractivity contribution in [2.75, 3.05) is 17.9 Å². The van der Waals surface area contributed by atoms with Gasteiger partial charge in [0.1, 0.15) is 6.33 Å². The van der Waals surface area contributed by atoms with Crippen LogP contribution in [0.2, 0.25) is 0 Å². The predicted octanol–water partition coefficient (Wildman–Crippen LogP) is 2.67. The lowest BCUT2D eigenvalue weighted by atomic mass is 10.1. The Kier molecular flexibility index (Phi) is 3.53. The minimum absolute atomic E-state index is 0.426. The van der Waals surface area contributed by atoms with Crippen molar-refractivity contribution < 1.29 is 4.74 Å². The van der Waals surface area contributed by atoms with Gasteiger partial charge in [0, 0.05) is 11.1 Å². The number of hydrazine groups is 1. The van der Waals surface area contributed by atoms with Crippen LogP contribution in [0.4, 0.5) is 17.3 Å². The summed E-state index contributed by atoms with van der Waals surface area (Å²) in [5, 5.41) is 5.52. The van der Waals surface area contributed by atoms with Crippen molar-refractivity contribution >= 4 is 28.1 Å². The van der Waals surface area contributed by atoms with Gasteiger partial charge >= 0.3 is 0 Å². The minimum Gasteiger partial charge on any atom is -0.490 e. The number of fused-ring (bicyclic) bond motifs is 1. The minimum atomic E-state index is 0.426. The molecule has 0 aliphatic rings. The fraction of sp³-hybridized carbons (Fsp3) is 0.0667. The Bertz CT molecular complexity index is 770. The predicted molar refractivity (Wildman–Crippen MR) is 83.6 cm³/mol. The first kappa shape index (κ1) is 13.1. The zero-order valence-corrected chi connectivity index (χ0v) is 11.5. The van der Waals surface area contributed by atoms with Crippen molar-refractivity contribution in [1.29, 1.82) is 0 Å². The molecule has 0 spiro atoms. The third-order valence-electron chi connectivity index (χ3n) is 3.19. The molecule has 21 heavy (non-hydrogen) atoms. The summed E-state index contributed by atoms with van der Waals surface area (Å²) in [7, 11) is 1.55. The lowest BCUT2D eigenvalue weighted by Gasteiger charge is -2.13. The molecule has 3 rings (SSSR count). The second kappa shape index (κ2) is 5.64. The molecule has 2 aromatic carbocycles. The normalized spacial score (nSPS) is 10.4. The number of ether oxygens (including phenoxy) is 1. The molecular formula is C15H15N5O.